The molecule has 1 unspecified atom stereocenters. The fraction of sp³-hybridized carbons (Fsp3) is 0.375. The van der Waals surface area contributed by atoms with Crippen LogP contribution in [0.3, 0.4) is 0 Å². The van der Waals surface area contributed by atoms with E-state index in [1.54, 1.807) is 40.2 Å². The molecule has 0 aliphatic carbocycles. The van der Waals surface area contributed by atoms with Gasteiger partial charge in [0, 0.05) is 36.6 Å². The van der Waals surface area contributed by atoms with Gasteiger partial charge in [0.1, 0.15) is 18.2 Å². The molecule has 8 nitrogen and oxygen atoms in total. The van der Waals surface area contributed by atoms with Crippen molar-refractivity contribution in [2.24, 2.45) is 0 Å². The number of carbonyl (C=O) groups excluding carboxylic acids is 2. The first-order valence-electron chi connectivity index (χ1n) is 11.2. The van der Waals surface area contributed by atoms with E-state index >= 15 is 0 Å². The van der Waals surface area contributed by atoms with E-state index in [1.165, 1.54) is 12.1 Å². The fourth-order valence-electron chi connectivity index (χ4n) is 4.64. The molecule has 170 valence electrons. The average Bonchev–Trinajstić information content (AvgIpc) is 3.49. The molecule has 5 rings (SSSR count). The number of benzene rings is 1. The minimum absolute atomic E-state index is 0.0195. The molecule has 33 heavy (non-hydrogen) atoms. The van der Waals surface area contributed by atoms with Gasteiger partial charge in [-0.05, 0) is 49.9 Å². The highest BCUT2D eigenvalue weighted by molar-refractivity contribution is 5.95. The lowest BCUT2D eigenvalue weighted by Crippen LogP contribution is -2.38. The van der Waals surface area contributed by atoms with E-state index in [4.69, 9.17) is 9.97 Å². The van der Waals surface area contributed by atoms with E-state index in [1.807, 2.05) is 11.8 Å². The van der Waals surface area contributed by atoms with Gasteiger partial charge >= 0.3 is 0 Å². The van der Waals surface area contributed by atoms with E-state index in [-0.39, 0.29) is 30.2 Å². The highest BCUT2D eigenvalue weighted by Crippen LogP contribution is 2.35. The summed E-state index contributed by atoms with van der Waals surface area (Å²) in [6.45, 7) is 3.06. The Bertz CT molecular complexity index is 1180. The molecule has 2 aromatic heterocycles. The van der Waals surface area contributed by atoms with E-state index in [2.05, 4.69) is 5.10 Å². The van der Waals surface area contributed by atoms with Gasteiger partial charge in [0.05, 0.1) is 12.6 Å². The highest BCUT2D eigenvalue weighted by Gasteiger charge is 2.35. The maximum Gasteiger partial charge on any atom is 0.244 e. The number of nitrogens with zero attached hydrogens (tertiary/aromatic N) is 6. The molecule has 9 heteroatoms. The number of hydrogen-bond acceptors (Lipinski definition) is 5. The molecule has 4 heterocycles. The number of aryl methyl sites for hydroxylation is 1. The van der Waals surface area contributed by atoms with Gasteiger partial charge in [-0.3, -0.25) is 19.2 Å². The van der Waals surface area contributed by atoms with E-state index < -0.39 is 0 Å². The largest absolute Gasteiger partial charge is 0.331 e. The smallest absolute Gasteiger partial charge is 0.244 e. The minimum Gasteiger partial charge on any atom is -0.331 e. The lowest BCUT2D eigenvalue weighted by atomic mass is 10.0. The van der Waals surface area contributed by atoms with Gasteiger partial charge in [-0.25, -0.2) is 14.4 Å². The number of carbonyl (C=O) groups is 2. The molecule has 2 amide bonds. The molecule has 1 saturated heterocycles. The maximum atomic E-state index is 13.3. The molecule has 0 saturated carbocycles. The molecule has 1 atom stereocenters. The standard InChI is InChI=1S/C24H25FN6O2/c1-16-19-9-10-21(32)31(14-17-5-7-18(25)8-6-17)24(19)28-23(27-16)20-4-2-13-30(20)22(33)15-29-12-3-11-26-29/h3,5-8,11-12,20H,2,4,9-10,13-15H2,1H3. The summed E-state index contributed by atoms with van der Waals surface area (Å²) in [6.07, 6.45) is 6.03. The normalized spacial score (nSPS) is 18.0. The van der Waals surface area contributed by atoms with Crippen LogP contribution in [0.5, 0.6) is 0 Å². The van der Waals surface area contributed by atoms with Crippen LogP contribution in [0.1, 0.15) is 47.9 Å². The van der Waals surface area contributed by atoms with Crippen LogP contribution in [0, 0.1) is 12.7 Å². The molecular weight excluding hydrogens is 423 g/mol. The van der Waals surface area contributed by atoms with Crippen LogP contribution in [-0.2, 0) is 29.1 Å². The van der Waals surface area contributed by atoms with Gasteiger partial charge in [0.15, 0.2) is 5.82 Å². The molecule has 0 N–H and O–H groups in total. The van der Waals surface area contributed by atoms with Gasteiger partial charge in [0.25, 0.3) is 0 Å². The Hall–Kier alpha value is -3.62. The van der Waals surface area contributed by atoms with Gasteiger partial charge < -0.3 is 4.90 Å². The van der Waals surface area contributed by atoms with Crippen molar-refractivity contribution in [2.75, 3.05) is 11.4 Å². The fourth-order valence-corrected chi connectivity index (χ4v) is 4.64. The van der Waals surface area contributed by atoms with Crippen LogP contribution in [-0.4, -0.2) is 43.0 Å². The Morgan fingerprint density at radius 2 is 2.00 bits per heavy atom. The predicted molar refractivity (Wildman–Crippen MR) is 119 cm³/mol. The minimum atomic E-state index is -0.314. The van der Waals surface area contributed by atoms with Crippen molar-refractivity contribution >= 4 is 17.6 Å². The van der Waals surface area contributed by atoms with Gasteiger partial charge in [-0.15, -0.1) is 0 Å². The van der Waals surface area contributed by atoms with E-state index in [9.17, 15) is 14.0 Å². The number of aromatic nitrogens is 4. The van der Waals surface area contributed by atoms with Crippen LogP contribution in [0.15, 0.2) is 42.7 Å². The van der Waals surface area contributed by atoms with Gasteiger partial charge in [0.2, 0.25) is 11.8 Å². The summed E-state index contributed by atoms with van der Waals surface area (Å²) in [5, 5.41) is 4.13. The van der Waals surface area contributed by atoms with E-state index in [0.717, 1.165) is 29.7 Å². The van der Waals surface area contributed by atoms with Crippen molar-refractivity contribution in [3.63, 3.8) is 0 Å². The van der Waals surface area contributed by atoms with Crippen LogP contribution < -0.4 is 4.90 Å². The monoisotopic (exact) mass is 448 g/mol. The molecule has 0 spiro atoms. The molecule has 3 aromatic rings. The third kappa shape index (κ3) is 4.22. The summed E-state index contributed by atoms with van der Waals surface area (Å²) in [5.74, 6) is 0.805. The quantitative estimate of drug-likeness (QED) is 0.599. The predicted octanol–water partition coefficient (Wildman–Crippen LogP) is 2.96. The number of rotatable bonds is 5. The van der Waals surface area contributed by atoms with Crippen molar-refractivity contribution < 1.29 is 14.0 Å². The van der Waals surface area contributed by atoms with Gasteiger partial charge in [-0.2, -0.15) is 5.10 Å². The molecule has 1 aromatic carbocycles. The molecule has 1 fully saturated rings. The van der Waals surface area contributed by atoms with Crippen molar-refractivity contribution in [2.45, 2.75) is 51.7 Å². The highest BCUT2D eigenvalue weighted by atomic mass is 19.1. The topological polar surface area (TPSA) is 84.2 Å². The van der Waals surface area contributed by atoms with E-state index in [0.29, 0.717) is 37.6 Å². The van der Waals surface area contributed by atoms with Crippen molar-refractivity contribution in [3.8, 4) is 0 Å². The molecule has 2 aliphatic heterocycles. The number of halogens is 1. The number of anilines is 1. The van der Waals surface area contributed by atoms with Crippen LogP contribution >= 0.6 is 0 Å². The second-order valence-corrected chi connectivity index (χ2v) is 8.52. The zero-order valence-electron chi connectivity index (χ0n) is 18.4. The maximum absolute atomic E-state index is 13.3. The SMILES string of the molecule is Cc1nc(C2CCCN2C(=O)Cn2cccn2)nc2c1CCC(=O)N2Cc1ccc(F)cc1. The lowest BCUT2D eigenvalue weighted by molar-refractivity contribution is -0.133. The zero-order chi connectivity index (χ0) is 22.9. The Morgan fingerprint density at radius 3 is 2.76 bits per heavy atom. The third-order valence-electron chi connectivity index (χ3n) is 6.34. The first-order valence-corrected chi connectivity index (χ1v) is 11.2. The summed E-state index contributed by atoms with van der Waals surface area (Å²) < 4.78 is 15.0. The molecular formula is C24H25FN6O2. The third-order valence-corrected chi connectivity index (χ3v) is 6.34. The number of likely N-dealkylation sites (tertiary alicyclic amines) is 1. The molecule has 0 radical (unpaired) electrons. The Kier molecular flexibility index (Phi) is 5.62. The van der Waals surface area contributed by atoms with Gasteiger partial charge in [-0.1, -0.05) is 12.1 Å². The zero-order valence-corrected chi connectivity index (χ0v) is 18.4. The Morgan fingerprint density at radius 1 is 1.18 bits per heavy atom. The second-order valence-electron chi connectivity index (χ2n) is 8.52. The Balaban J connectivity index is 1.45. The van der Waals surface area contributed by atoms with Crippen molar-refractivity contribution in [1.82, 2.24) is 24.6 Å². The summed E-state index contributed by atoms with van der Waals surface area (Å²) in [4.78, 5) is 38.9. The first kappa shape index (κ1) is 21.2. The summed E-state index contributed by atoms with van der Waals surface area (Å²) >= 11 is 0. The molecule has 2 aliphatic rings. The summed E-state index contributed by atoms with van der Waals surface area (Å²) in [5.41, 5.74) is 2.61. The molecule has 0 bridgehead atoms. The Labute approximate surface area is 191 Å². The second kappa shape index (κ2) is 8.73. The van der Waals surface area contributed by atoms with Crippen molar-refractivity contribution in [3.05, 3.63) is 71.2 Å². The summed E-state index contributed by atoms with van der Waals surface area (Å²) in [7, 11) is 0. The average molecular weight is 449 g/mol. The number of amides is 2. The summed E-state index contributed by atoms with van der Waals surface area (Å²) in [6, 6.07) is 7.70. The number of fused-ring (bicyclic) bond motifs is 1. The lowest BCUT2D eigenvalue weighted by Gasteiger charge is -2.31. The first-order chi connectivity index (χ1) is 16.0. The van der Waals surface area contributed by atoms with Crippen LogP contribution in [0.25, 0.3) is 0 Å². The van der Waals surface area contributed by atoms with Crippen LogP contribution in [0.4, 0.5) is 10.2 Å². The van der Waals surface area contributed by atoms with Crippen molar-refractivity contribution in [1.29, 1.82) is 0 Å². The number of hydrogen-bond donors (Lipinski definition) is 0. The van der Waals surface area contributed by atoms with Crippen LogP contribution in [0.2, 0.25) is 0 Å².